The molecule has 0 aliphatic carbocycles. The van der Waals surface area contributed by atoms with E-state index >= 15 is 0 Å². The largest absolute Gasteiger partial charge is 0.444 e. The van der Waals surface area contributed by atoms with Crippen LogP contribution in [0.1, 0.15) is 47.5 Å². The number of rotatable bonds is 2. The topological polar surface area (TPSA) is 41.6 Å². The second-order valence-corrected chi connectivity index (χ2v) is 5.76. The Hall–Kier alpha value is -0.770. The lowest BCUT2D eigenvalue weighted by Crippen LogP contribution is -2.58. The lowest BCUT2D eigenvalue weighted by molar-refractivity contribution is 0.00769. The third-order valence-corrected chi connectivity index (χ3v) is 3.06. The van der Waals surface area contributed by atoms with Crippen LogP contribution in [0.2, 0.25) is 0 Å². The number of nitrogens with zero attached hydrogens (tertiary/aromatic N) is 1. The molecule has 1 heterocycles. The molecule has 1 aliphatic rings. The summed E-state index contributed by atoms with van der Waals surface area (Å²) in [6, 6.07) is 0.597. The van der Waals surface area contributed by atoms with Gasteiger partial charge >= 0.3 is 6.09 Å². The number of carbonyl (C=O) groups excluding carboxylic acids is 1. The summed E-state index contributed by atoms with van der Waals surface area (Å²) in [5.41, 5.74) is -0.415. The minimum Gasteiger partial charge on any atom is -0.444 e. The lowest BCUT2D eigenvalue weighted by Gasteiger charge is -2.40. The van der Waals surface area contributed by atoms with E-state index in [9.17, 15) is 4.79 Å². The molecule has 17 heavy (non-hydrogen) atoms. The Bertz CT molecular complexity index is 259. The van der Waals surface area contributed by atoms with E-state index < -0.39 is 5.60 Å². The normalized spacial score (nSPS) is 25.8. The zero-order valence-electron chi connectivity index (χ0n) is 11.7. The molecule has 0 spiro atoms. The summed E-state index contributed by atoms with van der Waals surface area (Å²) < 4.78 is 5.43. The number of piperazine rings is 1. The third-order valence-electron chi connectivity index (χ3n) is 3.06. The molecule has 0 unspecified atom stereocenters. The first-order valence-corrected chi connectivity index (χ1v) is 6.58. The highest BCUT2D eigenvalue weighted by atomic mass is 16.6. The molecule has 2 atom stereocenters. The standard InChI is InChI=1S/C13H26N2O2/c1-6-7-11-10(2)15(9-8-14-11)12(16)17-13(3,4)5/h10-11,14H,6-9H2,1-5H3/t10-,11+/m1/s1. The molecule has 1 rings (SSSR count). The fourth-order valence-corrected chi connectivity index (χ4v) is 2.19. The first-order chi connectivity index (χ1) is 7.85. The van der Waals surface area contributed by atoms with Crippen LogP contribution in [0.25, 0.3) is 0 Å². The highest BCUT2D eigenvalue weighted by Crippen LogP contribution is 2.17. The molecule has 0 aromatic carbocycles. The van der Waals surface area contributed by atoms with Crippen LogP contribution in [-0.4, -0.2) is 41.8 Å². The van der Waals surface area contributed by atoms with Crippen molar-refractivity contribution >= 4 is 6.09 Å². The zero-order chi connectivity index (χ0) is 13.1. The lowest BCUT2D eigenvalue weighted by atomic mass is 10.0. The van der Waals surface area contributed by atoms with Crippen molar-refractivity contribution in [3.05, 3.63) is 0 Å². The summed E-state index contributed by atoms with van der Waals surface area (Å²) in [5.74, 6) is 0. The maximum atomic E-state index is 12.0. The van der Waals surface area contributed by atoms with Crippen molar-refractivity contribution in [1.29, 1.82) is 0 Å². The van der Waals surface area contributed by atoms with E-state index in [1.54, 1.807) is 0 Å². The summed E-state index contributed by atoms with van der Waals surface area (Å²) in [6.07, 6.45) is 2.04. The number of hydrogen-bond acceptors (Lipinski definition) is 3. The van der Waals surface area contributed by atoms with Gasteiger partial charge in [-0.3, -0.25) is 0 Å². The van der Waals surface area contributed by atoms with Gasteiger partial charge in [-0.2, -0.15) is 0 Å². The van der Waals surface area contributed by atoms with Crippen molar-refractivity contribution in [1.82, 2.24) is 10.2 Å². The smallest absolute Gasteiger partial charge is 0.410 e. The number of ether oxygens (including phenoxy) is 1. The van der Waals surface area contributed by atoms with E-state index in [1.165, 1.54) is 0 Å². The number of nitrogens with one attached hydrogen (secondary N) is 1. The van der Waals surface area contributed by atoms with E-state index in [4.69, 9.17) is 4.74 Å². The maximum absolute atomic E-state index is 12.0. The Labute approximate surface area is 105 Å². The molecule has 1 saturated heterocycles. The van der Waals surface area contributed by atoms with Crippen LogP contribution < -0.4 is 5.32 Å². The summed E-state index contributed by atoms with van der Waals surface area (Å²) >= 11 is 0. The number of hydrogen-bond donors (Lipinski definition) is 1. The molecule has 0 saturated carbocycles. The van der Waals surface area contributed by atoms with Gasteiger partial charge in [0, 0.05) is 25.2 Å². The van der Waals surface area contributed by atoms with Gasteiger partial charge in [-0.15, -0.1) is 0 Å². The predicted molar refractivity (Wildman–Crippen MR) is 69.1 cm³/mol. The van der Waals surface area contributed by atoms with Gasteiger partial charge in [-0.05, 0) is 34.1 Å². The molecule has 0 aromatic rings. The van der Waals surface area contributed by atoms with Crippen LogP contribution in [-0.2, 0) is 4.74 Å². The number of carbonyl (C=O) groups is 1. The van der Waals surface area contributed by atoms with Crippen LogP contribution in [0.5, 0.6) is 0 Å². The summed E-state index contributed by atoms with van der Waals surface area (Å²) in [7, 11) is 0. The van der Waals surface area contributed by atoms with E-state index in [0.717, 1.165) is 25.9 Å². The van der Waals surface area contributed by atoms with Crippen molar-refractivity contribution < 1.29 is 9.53 Å². The molecule has 1 amide bonds. The molecular weight excluding hydrogens is 216 g/mol. The van der Waals surface area contributed by atoms with Gasteiger partial charge in [0.05, 0.1) is 0 Å². The van der Waals surface area contributed by atoms with Crippen molar-refractivity contribution in [2.75, 3.05) is 13.1 Å². The van der Waals surface area contributed by atoms with Crippen LogP contribution in [0, 0.1) is 0 Å². The molecule has 1 N–H and O–H groups in total. The van der Waals surface area contributed by atoms with Crippen LogP contribution in [0.15, 0.2) is 0 Å². The Kier molecular flexibility index (Phi) is 4.80. The monoisotopic (exact) mass is 242 g/mol. The fraction of sp³-hybridized carbons (Fsp3) is 0.923. The summed E-state index contributed by atoms with van der Waals surface area (Å²) in [6.45, 7) is 11.6. The average molecular weight is 242 g/mol. The van der Waals surface area contributed by atoms with Gasteiger partial charge in [0.2, 0.25) is 0 Å². The molecule has 1 aliphatic heterocycles. The van der Waals surface area contributed by atoms with Gasteiger partial charge in [0.15, 0.2) is 0 Å². The number of amides is 1. The minimum atomic E-state index is -0.415. The predicted octanol–water partition coefficient (Wildman–Crippen LogP) is 2.38. The Morgan fingerprint density at radius 1 is 1.47 bits per heavy atom. The second kappa shape index (κ2) is 5.71. The molecule has 1 fully saturated rings. The van der Waals surface area contributed by atoms with Crippen molar-refractivity contribution in [2.24, 2.45) is 0 Å². The molecule has 0 aromatic heterocycles. The Morgan fingerprint density at radius 3 is 2.65 bits per heavy atom. The molecule has 100 valence electrons. The Morgan fingerprint density at radius 2 is 2.12 bits per heavy atom. The SMILES string of the molecule is CCC[C@@H]1NCCN(C(=O)OC(C)(C)C)[C@@H]1C. The van der Waals surface area contributed by atoms with Gasteiger partial charge < -0.3 is 15.0 Å². The molecule has 4 heteroatoms. The van der Waals surface area contributed by atoms with Crippen molar-refractivity contribution in [3.8, 4) is 0 Å². The molecular formula is C13H26N2O2. The highest BCUT2D eigenvalue weighted by Gasteiger charge is 2.32. The summed E-state index contributed by atoms with van der Waals surface area (Å²) in [4.78, 5) is 13.9. The van der Waals surface area contributed by atoms with E-state index in [0.29, 0.717) is 6.04 Å². The molecule has 4 nitrogen and oxygen atoms in total. The quantitative estimate of drug-likeness (QED) is 0.808. The first-order valence-electron chi connectivity index (χ1n) is 6.58. The highest BCUT2D eigenvalue weighted by molar-refractivity contribution is 5.68. The van der Waals surface area contributed by atoms with Crippen molar-refractivity contribution in [2.45, 2.75) is 65.1 Å². The summed E-state index contributed by atoms with van der Waals surface area (Å²) in [5, 5.41) is 3.47. The average Bonchev–Trinajstić information content (AvgIpc) is 2.18. The third kappa shape index (κ3) is 4.19. The first kappa shape index (κ1) is 14.3. The minimum absolute atomic E-state index is 0.187. The fourth-order valence-electron chi connectivity index (χ4n) is 2.19. The van der Waals surface area contributed by atoms with Crippen LogP contribution in [0.3, 0.4) is 0 Å². The van der Waals surface area contributed by atoms with E-state index in [2.05, 4.69) is 19.2 Å². The van der Waals surface area contributed by atoms with Crippen LogP contribution in [0.4, 0.5) is 4.79 Å². The molecule has 0 bridgehead atoms. The molecule has 0 radical (unpaired) electrons. The van der Waals surface area contributed by atoms with E-state index in [-0.39, 0.29) is 12.1 Å². The van der Waals surface area contributed by atoms with Gasteiger partial charge in [-0.1, -0.05) is 13.3 Å². The Balaban J connectivity index is 2.60. The zero-order valence-corrected chi connectivity index (χ0v) is 11.7. The van der Waals surface area contributed by atoms with E-state index in [1.807, 2.05) is 25.7 Å². The van der Waals surface area contributed by atoms with Gasteiger partial charge in [0.1, 0.15) is 5.60 Å². The van der Waals surface area contributed by atoms with Crippen molar-refractivity contribution in [3.63, 3.8) is 0 Å². The van der Waals surface area contributed by atoms with Gasteiger partial charge in [0.25, 0.3) is 0 Å². The second-order valence-electron chi connectivity index (χ2n) is 5.76. The van der Waals surface area contributed by atoms with Gasteiger partial charge in [-0.25, -0.2) is 4.79 Å². The maximum Gasteiger partial charge on any atom is 0.410 e. The van der Waals surface area contributed by atoms with Crippen LogP contribution >= 0.6 is 0 Å².